The van der Waals surface area contributed by atoms with Crippen molar-refractivity contribution < 1.29 is 27.9 Å². The second kappa shape index (κ2) is 17.2. The molecule has 6 heterocycles. The summed E-state index contributed by atoms with van der Waals surface area (Å²) in [4.78, 5) is 55.3. The van der Waals surface area contributed by atoms with E-state index in [4.69, 9.17) is 32.9 Å². The zero-order valence-electron chi connectivity index (χ0n) is 34.0. The van der Waals surface area contributed by atoms with E-state index in [2.05, 4.69) is 32.0 Å². The maximum absolute atomic E-state index is 16.4. The molecule has 0 saturated carbocycles. The summed E-state index contributed by atoms with van der Waals surface area (Å²) in [5.41, 5.74) is 3.77. The molecule has 18 heteroatoms. The number of carbonyl (C=O) groups is 3. The SMILES string of the molecule is C=CC(=O)N1CCN(c2cnc3cc(-c4c(C/C=C\C(=O)N5CCN(C6=NCC(=O)Nc7c6cc(Cl)c(-c6c(F)cccc6OC)c7F)CC5)ccc5[nH]ncc45)c(Cl)cn23)CC1. The van der Waals surface area contributed by atoms with E-state index in [9.17, 15) is 14.4 Å². The van der Waals surface area contributed by atoms with Crippen molar-refractivity contribution >= 4 is 74.8 Å². The van der Waals surface area contributed by atoms with E-state index in [1.54, 1.807) is 22.1 Å². The standard InChI is InChI=1S/C45H40Cl2F2N10O4/c1-3-38(61)56-14-12-55(13-15-56)37-24-50-35-21-27(31(47)25-59(35)37)40-26(10-11-33-29(40)22-52-54-33)6-4-9-39(62)57-16-18-58(19-17-57)45-28-20-30(46)41(42-32(48)7-5-8-34(42)63-2)43(49)44(28)53-36(60)23-51-45/h3-5,7-11,20-22,24-25H,1,6,12-19,23H2,2H3,(H,52,54)(H,53,60)/b9-4-. The van der Waals surface area contributed by atoms with Gasteiger partial charge in [-0.15, -0.1) is 0 Å². The highest BCUT2D eigenvalue weighted by Crippen LogP contribution is 2.43. The second-order valence-corrected chi connectivity index (χ2v) is 16.0. The van der Waals surface area contributed by atoms with Gasteiger partial charge in [0.25, 0.3) is 0 Å². The molecule has 2 fully saturated rings. The number of anilines is 2. The van der Waals surface area contributed by atoms with Gasteiger partial charge in [0.15, 0.2) is 5.82 Å². The summed E-state index contributed by atoms with van der Waals surface area (Å²) in [5.74, 6) is -1.17. The molecule has 3 amide bonds. The molecule has 3 aromatic carbocycles. The molecule has 14 nitrogen and oxygen atoms in total. The van der Waals surface area contributed by atoms with Crippen molar-refractivity contribution in [1.29, 1.82) is 0 Å². The van der Waals surface area contributed by atoms with Gasteiger partial charge in [0.05, 0.1) is 46.3 Å². The highest BCUT2D eigenvalue weighted by molar-refractivity contribution is 6.35. The number of nitrogens with one attached hydrogen (secondary N) is 2. The van der Waals surface area contributed by atoms with E-state index in [1.165, 1.54) is 37.5 Å². The third kappa shape index (κ3) is 7.73. The number of halogens is 4. The summed E-state index contributed by atoms with van der Waals surface area (Å²) in [5, 5.41) is 11.2. The molecule has 3 aromatic heterocycles. The van der Waals surface area contributed by atoms with E-state index < -0.39 is 17.5 Å². The average Bonchev–Trinajstić information content (AvgIpc) is 3.91. The number of amidine groups is 1. The molecule has 63 heavy (non-hydrogen) atoms. The Morgan fingerprint density at radius 1 is 0.889 bits per heavy atom. The van der Waals surface area contributed by atoms with Crippen molar-refractivity contribution in [2.24, 2.45) is 4.99 Å². The number of amides is 3. The van der Waals surface area contributed by atoms with Gasteiger partial charge in [-0.3, -0.25) is 28.9 Å². The van der Waals surface area contributed by atoms with E-state index in [0.717, 1.165) is 33.4 Å². The monoisotopic (exact) mass is 892 g/mol. The number of hydrogen-bond acceptors (Lipinski definition) is 9. The Hall–Kier alpha value is -6.78. The third-order valence-corrected chi connectivity index (χ3v) is 12.3. The molecule has 0 bridgehead atoms. The number of aliphatic imine (C=N–C) groups is 1. The number of methoxy groups -OCH3 is 1. The molecule has 3 aliphatic heterocycles. The largest absolute Gasteiger partial charge is 0.496 e. The Bertz CT molecular complexity index is 2900. The van der Waals surface area contributed by atoms with Crippen molar-refractivity contribution in [3.63, 3.8) is 0 Å². The predicted molar refractivity (Wildman–Crippen MR) is 239 cm³/mol. The number of aromatic nitrogens is 4. The smallest absolute Gasteiger partial charge is 0.246 e. The fourth-order valence-corrected chi connectivity index (χ4v) is 9.06. The first-order valence-electron chi connectivity index (χ1n) is 20.2. The van der Waals surface area contributed by atoms with Crippen LogP contribution in [0.5, 0.6) is 5.75 Å². The van der Waals surface area contributed by atoms with Gasteiger partial charge in [-0.25, -0.2) is 13.8 Å². The first kappa shape index (κ1) is 41.6. The number of benzene rings is 3. The molecule has 322 valence electrons. The molecular formula is C45H40Cl2F2N10O4. The van der Waals surface area contributed by atoms with Crippen LogP contribution in [0.15, 0.2) is 90.9 Å². The number of ether oxygens (including phenoxy) is 1. The summed E-state index contributed by atoms with van der Waals surface area (Å²) in [6.45, 7) is 7.11. The molecule has 6 aromatic rings. The maximum Gasteiger partial charge on any atom is 0.246 e. The number of pyridine rings is 1. The zero-order chi connectivity index (χ0) is 43.9. The van der Waals surface area contributed by atoms with Crippen LogP contribution in [0.1, 0.15) is 11.1 Å². The van der Waals surface area contributed by atoms with Gasteiger partial charge in [-0.2, -0.15) is 5.10 Å². The fraction of sp³-hybridized carbons (Fsp3) is 0.244. The molecular weight excluding hydrogens is 853 g/mol. The van der Waals surface area contributed by atoms with Crippen LogP contribution in [0, 0.1) is 11.6 Å². The molecule has 2 N–H and O–H groups in total. The predicted octanol–water partition coefficient (Wildman–Crippen LogP) is 6.61. The number of piperazine rings is 2. The number of fused-ring (bicyclic) bond motifs is 3. The highest BCUT2D eigenvalue weighted by atomic mass is 35.5. The number of aromatic amines is 1. The minimum absolute atomic E-state index is 0.0804. The van der Waals surface area contributed by atoms with E-state index in [-0.39, 0.29) is 51.5 Å². The molecule has 0 spiro atoms. The minimum Gasteiger partial charge on any atom is -0.496 e. The number of H-pyrrole nitrogens is 1. The van der Waals surface area contributed by atoms with Crippen LogP contribution in [-0.4, -0.2) is 124 Å². The van der Waals surface area contributed by atoms with Crippen LogP contribution in [0.2, 0.25) is 10.0 Å². The topological polar surface area (TPSA) is 144 Å². The number of carbonyl (C=O) groups excluding carboxylic acids is 3. The van der Waals surface area contributed by atoms with Crippen molar-refractivity contribution in [2.45, 2.75) is 6.42 Å². The quantitative estimate of drug-likeness (QED) is 0.163. The Morgan fingerprint density at radius 3 is 2.38 bits per heavy atom. The van der Waals surface area contributed by atoms with Crippen molar-refractivity contribution in [3.05, 3.63) is 119 Å². The van der Waals surface area contributed by atoms with Crippen LogP contribution in [-0.2, 0) is 20.8 Å². The lowest BCUT2D eigenvalue weighted by atomic mass is 9.94. The molecule has 0 atom stereocenters. The first-order chi connectivity index (χ1) is 30.5. The van der Waals surface area contributed by atoms with E-state index >= 15 is 8.78 Å². The van der Waals surface area contributed by atoms with Gasteiger partial charge in [0.1, 0.15) is 35.4 Å². The number of nitrogens with zero attached hydrogens (tertiary/aromatic N) is 8. The van der Waals surface area contributed by atoms with Gasteiger partial charge in [0.2, 0.25) is 17.7 Å². The molecule has 3 aliphatic rings. The molecule has 0 aliphatic carbocycles. The Morgan fingerprint density at radius 2 is 1.63 bits per heavy atom. The maximum atomic E-state index is 16.4. The molecule has 0 radical (unpaired) electrons. The summed E-state index contributed by atoms with van der Waals surface area (Å²) in [7, 11) is 1.34. The average molecular weight is 894 g/mol. The summed E-state index contributed by atoms with van der Waals surface area (Å²) in [6, 6.07) is 11.5. The minimum atomic E-state index is -0.915. The van der Waals surface area contributed by atoms with Gasteiger partial charge >= 0.3 is 0 Å². The Balaban J connectivity index is 0.909. The van der Waals surface area contributed by atoms with Crippen molar-refractivity contribution in [1.82, 2.24) is 34.3 Å². The van der Waals surface area contributed by atoms with Gasteiger partial charge in [-0.05, 0) is 60.0 Å². The number of rotatable bonds is 8. The van der Waals surface area contributed by atoms with E-state index in [1.807, 2.05) is 46.0 Å². The number of hydrogen-bond donors (Lipinski definition) is 2. The van der Waals surface area contributed by atoms with E-state index in [0.29, 0.717) is 75.3 Å². The number of imidazole rings is 1. The highest BCUT2D eigenvalue weighted by Gasteiger charge is 2.32. The molecule has 0 unspecified atom stereocenters. The Kier molecular flexibility index (Phi) is 11.3. The van der Waals surface area contributed by atoms with Crippen LogP contribution in [0.4, 0.5) is 20.3 Å². The summed E-state index contributed by atoms with van der Waals surface area (Å²) < 4.78 is 38.7. The van der Waals surface area contributed by atoms with Crippen molar-refractivity contribution in [2.75, 3.05) is 76.2 Å². The second-order valence-electron chi connectivity index (χ2n) is 15.2. The fourth-order valence-electron chi connectivity index (χ4n) is 8.52. The van der Waals surface area contributed by atoms with Gasteiger partial charge in [0, 0.05) is 80.6 Å². The lowest BCUT2D eigenvalue weighted by Crippen LogP contribution is -2.50. The number of benzodiazepines with no additional fused rings is 1. The Labute approximate surface area is 370 Å². The lowest BCUT2D eigenvalue weighted by molar-refractivity contribution is -0.127. The van der Waals surface area contributed by atoms with Crippen LogP contribution >= 0.6 is 23.2 Å². The summed E-state index contributed by atoms with van der Waals surface area (Å²) in [6.07, 6.45) is 10.6. The number of allylic oxidation sites excluding steroid dienone is 1. The zero-order valence-corrected chi connectivity index (χ0v) is 35.5. The third-order valence-electron chi connectivity index (χ3n) is 11.7. The van der Waals surface area contributed by atoms with Crippen LogP contribution < -0.4 is 15.0 Å². The van der Waals surface area contributed by atoms with Crippen molar-refractivity contribution in [3.8, 4) is 28.0 Å². The first-order valence-corrected chi connectivity index (χ1v) is 21.0. The van der Waals surface area contributed by atoms with Crippen LogP contribution in [0.25, 0.3) is 38.8 Å². The lowest BCUT2D eigenvalue weighted by Gasteiger charge is -2.36. The van der Waals surface area contributed by atoms with Crippen LogP contribution in [0.3, 0.4) is 0 Å². The van der Waals surface area contributed by atoms with Gasteiger partial charge < -0.3 is 29.7 Å². The normalized spacial score (nSPS) is 15.8. The summed E-state index contributed by atoms with van der Waals surface area (Å²) >= 11 is 13.7. The molecule has 2 saturated heterocycles. The molecule has 9 rings (SSSR count). The van der Waals surface area contributed by atoms with Gasteiger partial charge in [-0.1, -0.05) is 48.0 Å².